The summed E-state index contributed by atoms with van der Waals surface area (Å²) in [6, 6.07) is 10.6. The molecule has 1 atom stereocenters. The molecule has 3 fully saturated rings. The minimum Gasteiger partial charge on any atom is -0.415 e. The van der Waals surface area contributed by atoms with Gasteiger partial charge in [0.1, 0.15) is 11.5 Å². The molecule has 2 aromatic heterocycles. The first kappa shape index (κ1) is 22.3. The molecule has 1 aliphatic carbocycles. The largest absolute Gasteiger partial charge is 0.415 e. The van der Waals surface area contributed by atoms with Crippen LogP contribution in [0.25, 0.3) is 23.0 Å². The minimum absolute atomic E-state index is 0.193. The molecule has 3 aromatic rings. The van der Waals surface area contributed by atoms with Crippen molar-refractivity contribution in [1.82, 2.24) is 15.2 Å². The molecule has 6 rings (SSSR count). The maximum Gasteiger partial charge on any atom is 0.266 e. The number of pyridine rings is 1. The van der Waals surface area contributed by atoms with Crippen molar-refractivity contribution in [1.29, 1.82) is 0 Å². The van der Waals surface area contributed by atoms with E-state index in [0.717, 1.165) is 43.1 Å². The highest BCUT2D eigenvalue weighted by atomic mass is 127. The van der Waals surface area contributed by atoms with Gasteiger partial charge < -0.3 is 19.0 Å². The summed E-state index contributed by atoms with van der Waals surface area (Å²) >= 11 is 2.38. The first-order valence-electron chi connectivity index (χ1n) is 12.2. The van der Waals surface area contributed by atoms with E-state index in [9.17, 15) is 0 Å². The molecule has 7 nitrogen and oxygen atoms in total. The van der Waals surface area contributed by atoms with Crippen molar-refractivity contribution in [3.63, 3.8) is 0 Å². The summed E-state index contributed by atoms with van der Waals surface area (Å²) in [5, 5.41) is 8.86. The predicted octanol–water partition coefficient (Wildman–Crippen LogP) is 5.32. The molecular weight excluding hydrogens is 541 g/mol. The summed E-state index contributed by atoms with van der Waals surface area (Å²) < 4.78 is 13.2. The first-order valence-corrected chi connectivity index (χ1v) is 13.3. The van der Waals surface area contributed by atoms with Gasteiger partial charge in [-0.1, -0.05) is 0 Å². The average Bonchev–Trinajstić information content (AvgIpc) is 3.39. The van der Waals surface area contributed by atoms with E-state index >= 15 is 0 Å². The number of hydrogen-bond acceptors (Lipinski definition) is 7. The summed E-state index contributed by atoms with van der Waals surface area (Å²) in [5.41, 5.74) is 4.67. The fraction of sp³-hybridized carbons (Fsp3) is 0.500. The van der Waals surface area contributed by atoms with E-state index < -0.39 is 0 Å². The zero-order chi connectivity index (χ0) is 23.3. The van der Waals surface area contributed by atoms with E-state index in [2.05, 4.69) is 80.7 Å². The molecule has 1 aromatic carbocycles. The van der Waals surface area contributed by atoms with E-state index in [0.29, 0.717) is 29.5 Å². The van der Waals surface area contributed by atoms with Crippen molar-refractivity contribution < 1.29 is 9.15 Å². The quantitative estimate of drug-likeness (QED) is 0.393. The molecule has 1 spiro atoms. The number of morpholine rings is 1. The summed E-state index contributed by atoms with van der Waals surface area (Å²) in [7, 11) is 0. The molecule has 0 amide bonds. The number of ether oxygens (including phenoxy) is 1. The van der Waals surface area contributed by atoms with Gasteiger partial charge in [-0.25, -0.2) is 4.98 Å². The molecule has 0 radical (unpaired) electrons. The zero-order valence-electron chi connectivity index (χ0n) is 19.8. The van der Waals surface area contributed by atoms with Crippen LogP contribution in [0.4, 0.5) is 11.5 Å². The summed E-state index contributed by atoms with van der Waals surface area (Å²) in [6.07, 6.45) is 5.56. The second-order valence-corrected chi connectivity index (χ2v) is 11.3. The van der Waals surface area contributed by atoms with Gasteiger partial charge in [-0.2, -0.15) is 0 Å². The Bertz CT molecular complexity index is 1200. The number of aryl methyl sites for hydroxylation is 1. The summed E-state index contributed by atoms with van der Waals surface area (Å²) in [5.74, 6) is 1.95. The van der Waals surface area contributed by atoms with Gasteiger partial charge in [-0.05, 0) is 103 Å². The van der Waals surface area contributed by atoms with Crippen LogP contribution in [0.15, 0.2) is 34.7 Å². The van der Waals surface area contributed by atoms with Crippen LogP contribution in [0.3, 0.4) is 0 Å². The van der Waals surface area contributed by atoms with Gasteiger partial charge in [0.25, 0.3) is 5.89 Å². The highest BCUT2D eigenvalue weighted by molar-refractivity contribution is 14.1. The fourth-order valence-electron chi connectivity index (χ4n) is 5.23. The van der Waals surface area contributed by atoms with E-state index in [1.165, 1.54) is 34.9 Å². The van der Waals surface area contributed by atoms with Gasteiger partial charge in [0, 0.05) is 29.7 Å². The van der Waals surface area contributed by atoms with Crippen molar-refractivity contribution >= 4 is 34.1 Å². The third kappa shape index (κ3) is 4.42. The number of nitrogens with zero attached hydrogens (tertiary/aromatic N) is 5. The monoisotopic (exact) mass is 571 g/mol. The molecule has 4 heterocycles. The van der Waals surface area contributed by atoms with E-state index in [1.54, 1.807) is 0 Å². The normalized spacial score (nSPS) is 21.8. The Morgan fingerprint density at radius 1 is 0.971 bits per heavy atom. The Labute approximate surface area is 214 Å². The third-order valence-corrected chi connectivity index (χ3v) is 8.15. The summed E-state index contributed by atoms with van der Waals surface area (Å²) in [6.45, 7) is 8.73. The van der Waals surface area contributed by atoms with Crippen LogP contribution in [0.1, 0.15) is 38.2 Å². The Morgan fingerprint density at radius 3 is 2.53 bits per heavy atom. The van der Waals surface area contributed by atoms with Crippen LogP contribution in [-0.2, 0) is 4.74 Å². The van der Waals surface area contributed by atoms with Crippen LogP contribution in [0.5, 0.6) is 0 Å². The van der Waals surface area contributed by atoms with Crippen LogP contribution >= 0.6 is 22.6 Å². The number of aromatic nitrogens is 3. The van der Waals surface area contributed by atoms with Crippen molar-refractivity contribution in [2.75, 3.05) is 42.6 Å². The molecule has 2 aliphatic heterocycles. The number of anilines is 2. The van der Waals surface area contributed by atoms with Gasteiger partial charge in [0.15, 0.2) is 0 Å². The van der Waals surface area contributed by atoms with Crippen LogP contribution in [-0.4, -0.2) is 54.1 Å². The topological polar surface area (TPSA) is 67.5 Å². The Kier molecular flexibility index (Phi) is 5.76. The Morgan fingerprint density at radius 2 is 1.76 bits per heavy atom. The van der Waals surface area contributed by atoms with Crippen molar-refractivity contribution in [2.45, 2.75) is 45.6 Å². The lowest BCUT2D eigenvalue weighted by Crippen LogP contribution is -2.41. The molecule has 178 valence electrons. The molecule has 2 saturated heterocycles. The van der Waals surface area contributed by atoms with Crippen molar-refractivity contribution in [3.8, 4) is 23.0 Å². The van der Waals surface area contributed by atoms with E-state index in [4.69, 9.17) is 14.1 Å². The maximum atomic E-state index is 6.24. The Balaban J connectivity index is 1.30. The fourth-order valence-corrected chi connectivity index (χ4v) is 5.70. The van der Waals surface area contributed by atoms with E-state index in [-0.39, 0.29) is 6.10 Å². The van der Waals surface area contributed by atoms with Gasteiger partial charge >= 0.3 is 0 Å². The van der Waals surface area contributed by atoms with Crippen molar-refractivity contribution in [3.05, 3.63) is 39.5 Å². The minimum atomic E-state index is 0.193. The van der Waals surface area contributed by atoms with Crippen LogP contribution < -0.4 is 9.80 Å². The maximum absolute atomic E-state index is 6.24. The molecule has 8 heteroatoms. The smallest absolute Gasteiger partial charge is 0.266 e. The standard InChI is InChI=1S/C26H30IN5O2/c1-17-13-21(28-23(14-17)32-11-12-33-18(2)16-32)25-30-29-24(34-25)20-4-3-19(27)15-22(20)31-9-7-26(5-6-26)8-10-31/h3-4,13-15,18H,5-12,16H2,1-2H3/t18-/m1/s1. The number of rotatable bonds is 4. The molecule has 1 saturated carbocycles. The summed E-state index contributed by atoms with van der Waals surface area (Å²) in [4.78, 5) is 9.64. The van der Waals surface area contributed by atoms with Gasteiger partial charge in [-0.3, -0.25) is 0 Å². The van der Waals surface area contributed by atoms with Crippen LogP contribution in [0.2, 0.25) is 0 Å². The van der Waals surface area contributed by atoms with Gasteiger partial charge in [0.2, 0.25) is 5.89 Å². The predicted molar refractivity (Wildman–Crippen MR) is 141 cm³/mol. The number of halogens is 1. The lowest BCUT2D eigenvalue weighted by molar-refractivity contribution is 0.0529. The molecule has 3 aliphatic rings. The lowest BCUT2D eigenvalue weighted by Gasteiger charge is -2.34. The van der Waals surface area contributed by atoms with Gasteiger partial charge in [0.05, 0.1) is 24.0 Å². The zero-order valence-corrected chi connectivity index (χ0v) is 21.9. The number of hydrogen-bond donors (Lipinski definition) is 0. The molecule has 34 heavy (non-hydrogen) atoms. The van der Waals surface area contributed by atoms with Crippen molar-refractivity contribution in [2.24, 2.45) is 5.41 Å². The first-order chi connectivity index (χ1) is 16.5. The van der Waals surface area contributed by atoms with Crippen LogP contribution in [0, 0.1) is 15.9 Å². The third-order valence-electron chi connectivity index (χ3n) is 7.48. The highest BCUT2D eigenvalue weighted by Gasteiger charge is 2.44. The average molecular weight is 571 g/mol. The second-order valence-electron chi connectivity index (χ2n) is 10.1. The highest BCUT2D eigenvalue weighted by Crippen LogP contribution is 2.54. The molecule has 0 unspecified atom stereocenters. The second kappa shape index (κ2) is 8.78. The SMILES string of the molecule is Cc1cc(-c2nnc(-c3ccc(I)cc3N3CCC4(CC3)CC4)o2)nc(N2CCO[C@H](C)C2)c1. The van der Waals surface area contributed by atoms with E-state index in [1.807, 2.05) is 6.07 Å². The molecule has 0 N–H and O–H groups in total. The Hall–Kier alpha value is -2.20. The number of benzene rings is 1. The lowest BCUT2D eigenvalue weighted by atomic mass is 9.93. The molecular formula is C26H30IN5O2. The number of piperidine rings is 1. The van der Waals surface area contributed by atoms with Gasteiger partial charge in [-0.15, -0.1) is 10.2 Å². The molecule has 0 bridgehead atoms.